The largest absolute Gasteiger partial charge is 0.458 e. The second-order valence-corrected chi connectivity index (χ2v) is 11.0. The molecule has 4 rings (SSSR count). The molecule has 182 valence electrons. The number of rotatable bonds is 5. The highest BCUT2D eigenvalue weighted by Crippen LogP contribution is 2.51. The molecule has 0 radical (unpaired) electrons. The Hall–Kier alpha value is -1.56. The van der Waals surface area contributed by atoms with Gasteiger partial charge in [0, 0.05) is 62.7 Å². The first-order valence-electron chi connectivity index (χ1n) is 12.5. The molecule has 0 spiro atoms. The molecule has 1 aliphatic heterocycles. The van der Waals surface area contributed by atoms with Crippen LogP contribution in [0.3, 0.4) is 0 Å². The maximum atomic E-state index is 11.8. The highest BCUT2D eigenvalue weighted by Gasteiger charge is 2.52. The summed E-state index contributed by atoms with van der Waals surface area (Å²) in [4.78, 5) is 16.6. The molecule has 6 atom stereocenters. The van der Waals surface area contributed by atoms with E-state index >= 15 is 0 Å². The number of ether oxygens (including phenoxy) is 1. The van der Waals surface area contributed by atoms with E-state index in [9.17, 15) is 9.90 Å². The number of benzene rings is 1. The molecule has 1 aromatic rings. The van der Waals surface area contributed by atoms with Crippen LogP contribution in [-0.2, 0) is 9.53 Å². The summed E-state index contributed by atoms with van der Waals surface area (Å²) in [5, 5.41) is 12.6. The number of aliphatic hydroxyl groups is 1. The predicted octanol–water partition coefficient (Wildman–Crippen LogP) is 4.77. The summed E-state index contributed by atoms with van der Waals surface area (Å²) in [7, 11) is 0. The number of carbonyl (C=O) groups is 1. The average molecular weight is 475 g/mol. The van der Waals surface area contributed by atoms with Gasteiger partial charge >= 0.3 is 5.97 Å². The van der Waals surface area contributed by atoms with Crippen LogP contribution >= 0.6 is 11.6 Å². The van der Waals surface area contributed by atoms with E-state index in [-0.39, 0.29) is 23.9 Å². The first-order chi connectivity index (χ1) is 15.7. The summed E-state index contributed by atoms with van der Waals surface area (Å²) < 4.78 is 5.55. The van der Waals surface area contributed by atoms with Gasteiger partial charge in [0.1, 0.15) is 6.10 Å². The van der Waals surface area contributed by atoms with E-state index in [0.29, 0.717) is 18.3 Å². The van der Waals surface area contributed by atoms with Gasteiger partial charge in [-0.25, -0.2) is 0 Å². The van der Waals surface area contributed by atoms with Crippen molar-refractivity contribution in [2.45, 2.75) is 58.7 Å². The molecule has 0 bridgehead atoms. The molecule has 1 saturated heterocycles. The average Bonchev–Trinajstić information content (AvgIpc) is 2.77. The lowest BCUT2D eigenvalue weighted by Crippen LogP contribution is -2.56. The van der Waals surface area contributed by atoms with E-state index in [2.05, 4.69) is 41.9 Å². The molecule has 2 fully saturated rings. The molecule has 1 unspecified atom stereocenters. The molecule has 5 nitrogen and oxygen atoms in total. The van der Waals surface area contributed by atoms with Gasteiger partial charge < -0.3 is 14.7 Å². The smallest absolute Gasteiger partial charge is 0.303 e. The number of carbonyl (C=O) groups excluding carboxylic acids is 1. The van der Waals surface area contributed by atoms with Gasteiger partial charge in [-0.15, -0.1) is 0 Å². The summed E-state index contributed by atoms with van der Waals surface area (Å²) in [6, 6.07) is 8.13. The first kappa shape index (κ1) is 24.6. The zero-order valence-electron chi connectivity index (χ0n) is 20.5. The fourth-order valence-corrected chi connectivity index (χ4v) is 6.51. The maximum absolute atomic E-state index is 11.8. The van der Waals surface area contributed by atoms with Crippen molar-refractivity contribution in [3.8, 4) is 0 Å². The quantitative estimate of drug-likeness (QED) is 0.492. The third-order valence-corrected chi connectivity index (χ3v) is 8.69. The Bertz CT molecular complexity index is 865. The van der Waals surface area contributed by atoms with Crippen molar-refractivity contribution in [2.75, 3.05) is 37.6 Å². The van der Waals surface area contributed by atoms with Crippen LogP contribution in [0.5, 0.6) is 0 Å². The molecule has 2 aliphatic carbocycles. The van der Waals surface area contributed by atoms with E-state index in [1.807, 2.05) is 19.1 Å². The lowest BCUT2D eigenvalue weighted by molar-refractivity contribution is -0.159. The monoisotopic (exact) mass is 474 g/mol. The number of esters is 1. The van der Waals surface area contributed by atoms with Crippen molar-refractivity contribution < 1.29 is 14.6 Å². The van der Waals surface area contributed by atoms with Crippen LogP contribution in [0.15, 0.2) is 35.9 Å². The number of hydrogen-bond acceptors (Lipinski definition) is 5. The van der Waals surface area contributed by atoms with Crippen LogP contribution in [-0.4, -0.2) is 60.4 Å². The lowest BCUT2D eigenvalue weighted by Gasteiger charge is -2.53. The lowest BCUT2D eigenvalue weighted by atomic mass is 9.57. The Morgan fingerprint density at radius 2 is 1.88 bits per heavy atom. The van der Waals surface area contributed by atoms with Gasteiger partial charge in [0.05, 0.1) is 5.60 Å². The summed E-state index contributed by atoms with van der Waals surface area (Å²) in [5.41, 5.74) is 1.52. The summed E-state index contributed by atoms with van der Waals surface area (Å²) >= 11 is 6.04. The van der Waals surface area contributed by atoms with Crippen molar-refractivity contribution in [3.63, 3.8) is 0 Å². The van der Waals surface area contributed by atoms with Crippen LogP contribution in [0.2, 0.25) is 5.02 Å². The molecule has 1 saturated carbocycles. The van der Waals surface area contributed by atoms with Gasteiger partial charge in [-0.3, -0.25) is 9.69 Å². The fourth-order valence-electron chi connectivity index (χ4n) is 6.38. The molecule has 3 aliphatic rings. The highest BCUT2D eigenvalue weighted by atomic mass is 35.5. The van der Waals surface area contributed by atoms with Gasteiger partial charge in [0.2, 0.25) is 0 Å². The minimum atomic E-state index is -0.802. The van der Waals surface area contributed by atoms with E-state index < -0.39 is 5.60 Å². The van der Waals surface area contributed by atoms with Crippen LogP contribution in [0.1, 0.15) is 47.0 Å². The highest BCUT2D eigenvalue weighted by molar-refractivity contribution is 6.30. The topological polar surface area (TPSA) is 53.0 Å². The maximum Gasteiger partial charge on any atom is 0.303 e. The standard InChI is InChI=1S/C27H39ClN2O3/c1-18-15-25-24(10-5-20(3)27(25,32)16-26(18)33-21(4)31)19(2)17-29-11-13-30(14-12-29)23-8-6-22(28)7-9-23/h6-9,15,19-20,24-26,32H,5,10-14,16-17H2,1-4H3/t19?,20-,24+,25-,26-,27-/m1/s1. The van der Waals surface area contributed by atoms with Gasteiger partial charge in [0.15, 0.2) is 0 Å². The normalized spacial score (nSPS) is 33.8. The molecule has 1 aromatic carbocycles. The van der Waals surface area contributed by atoms with Crippen LogP contribution in [0.4, 0.5) is 5.69 Å². The van der Waals surface area contributed by atoms with Crippen LogP contribution < -0.4 is 4.90 Å². The molecule has 33 heavy (non-hydrogen) atoms. The van der Waals surface area contributed by atoms with Crippen LogP contribution in [0.25, 0.3) is 0 Å². The molecular formula is C27H39ClN2O3. The number of piperazine rings is 1. The van der Waals surface area contributed by atoms with Gasteiger partial charge in [0.25, 0.3) is 0 Å². The summed E-state index contributed by atoms with van der Waals surface area (Å²) in [6.07, 6.45) is 4.60. The molecule has 1 N–H and O–H groups in total. The second-order valence-electron chi connectivity index (χ2n) is 10.6. The number of nitrogens with zero attached hydrogens (tertiary/aromatic N) is 2. The molecule has 6 heteroatoms. The van der Waals surface area contributed by atoms with E-state index in [4.69, 9.17) is 16.3 Å². The third kappa shape index (κ3) is 5.26. The van der Waals surface area contributed by atoms with Crippen molar-refractivity contribution >= 4 is 23.3 Å². The van der Waals surface area contributed by atoms with E-state index in [1.165, 1.54) is 12.6 Å². The Balaban J connectivity index is 1.40. The summed E-state index contributed by atoms with van der Waals surface area (Å²) in [5.74, 6) is 0.981. The Morgan fingerprint density at radius 1 is 1.21 bits per heavy atom. The Labute approximate surface area is 203 Å². The SMILES string of the molecule is CC(=O)O[C@@H]1C[C@@]2(O)[C@H](C)CC[C@@H](C(C)CN3CCN(c4ccc(Cl)cc4)CC3)[C@H]2C=C1C. The number of fused-ring (bicyclic) bond motifs is 1. The first-order valence-corrected chi connectivity index (χ1v) is 12.9. The number of halogens is 1. The summed E-state index contributed by atoms with van der Waals surface area (Å²) in [6.45, 7) is 13.2. The molecule has 0 aromatic heterocycles. The van der Waals surface area contributed by atoms with Gasteiger partial charge in [-0.2, -0.15) is 0 Å². The fraction of sp³-hybridized carbons (Fsp3) is 0.667. The van der Waals surface area contributed by atoms with Crippen molar-refractivity contribution in [1.82, 2.24) is 4.90 Å². The third-order valence-electron chi connectivity index (χ3n) is 8.44. The second kappa shape index (κ2) is 9.97. The zero-order valence-corrected chi connectivity index (χ0v) is 21.2. The molecule has 0 amide bonds. The van der Waals surface area contributed by atoms with Crippen molar-refractivity contribution in [2.24, 2.45) is 23.7 Å². The van der Waals surface area contributed by atoms with Gasteiger partial charge in [-0.1, -0.05) is 31.5 Å². The van der Waals surface area contributed by atoms with Crippen molar-refractivity contribution in [3.05, 3.63) is 40.9 Å². The minimum absolute atomic E-state index is 0.124. The van der Waals surface area contributed by atoms with E-state index in [1.54, 1.807) is 0 Å². The van der Waals surface area contributed by atoms with E-state index in [0.717, 1.165) is 56.2 Å². The molecule has 1 heterocycles. The van der Waals surface area contributed by atoms with Crippen molar-refractivity contribution in [1.29, 1.82) is 0 Å². The number of anilines is 1. The Morgan fingerprint density at radius 3 is 2.52 bits per heavy atom. The predicted molar refractivity (Wildman–Crippen MR) is 134 cm³/mol. The van der Waals surface area contributed by atoms with Crippen LogP contribution in [0, 0.1) is 23.7 Å². The number of hydrogen-bond donors (Lipinski definition) is 1. The molecular weight excluding hydrogens is 436 g/mol. The van der Waals surface area contributed by atoms with Gasteiger partial charge in [-0.05, 0) is 67.4 Å². The zero-order chi connectivity index (χ0) is 23.8. The minimum Gasteiger partial charge on any atom is -0.458 e. The Kier molecular flexibility index (Phi) is 7.42.